The van der Waals surface area contributed by atoms with Crippen LogP contribution in [-0.4, -0.2) is 23.9 Å². The van der Waals surface area contributed by atoms with E-state index in [2.05, 4.69) is 26.0 Å². The summed E-state index contributed by atoms with van der Waals surface area (Å²) in [6.07, 6.45) is 3.90. The summed E-state index contributed by atoms with van der Waals surface area (Å²) in [5, 5.41) is 0.787. The van der Waals surface area contributed by atoms with Gasteiger partial charge in [0.2, 0.25) is 5.91 Å². The van der Waals surface area contributed by atoms with Crippen molar-refractivity contribution in [2.24, 2.45) is 5.92 Å². The first kappa shape index (κ1) is 15.4. The highest BCUT2D eigenvalue weighted by Crippen LogP contribution is 2.29. The van der Waals surface area contributed by atoms with Crippen molar-refractivity contribution in [1.29, 1.82) is 0 Å². The van der Waals surface area contributed by atoms with Crippen LogP contribution in [0.5, 0.6) is 0 Å². The minimum Gasteiger partial charge on any atom is -0.343 e. The highest BCUT2D eigenvalue weighted by Gasteiger charge is 2.24. The Bertz CT molecular complexity index is 435. The summed E-state index contributed by atoms with van der Waals surface area (Å²) in [7, 11) is 0. The molecule has 0 radical (unpaired) electrons. The maximum atomic E-state index is 12.2. The molecule has 20 heavy (non-hydrogen) atoms. The third-order valence-corrected chi connectivity index (χ3v) is 4.66. The molecule has 0 spiro atoms. The summed E-state index contributed by atoms with van der Waals surface area (Å²) in [6, 6.07) is 8.14. The van der Waals surface area contributed by atoms with Crippen molar-refractivity contribution in [1.82, 2.24) is 4.90 Å². The average molecular weight is 294 g/mol. The topological polar surface area (TPSA) is 20.3 Å². The molecule has 1 aliphatic rings. The van der Waals surface area contributed by atoms with Crippen LogP contribution in [0.25, 0.3) is 0 Å². The number of nitrogens with zero attached hydrogens (tertiary/aromatic N) is 1. The van der Waals surface area contributed by atoms with E-state index < -0.39 is 0 Å². The molecule has 1 atom stereocenters. The van der Waals surface area contributed by atoms with Gasteiger partial charge in [0, 0.05) is 24.5 Å². The lowest BCUT2D eigenvalue weighted by Crippen LogP contribution is -2.38. The molecule has 1 fully saturated rings. The van der Waals surface area contributed by atoms with Gasteiger partial charge < -0.3 is 4.90 Å². The van der Waals surface area contributed by atoms with Gasteiger partial charge in [0.25, 0.3) is 0 Å². The van der Waals surface area contributed by atoms with E-state index in [0.29, 0.717) is 24.2 Å². The van der Waals surface area contributed by atoms with E-state index in [1.54, 1.807) is 0 Å². The van der Waals surface area contributed by atoms with Crippen molar-refractivity contribution in [3.8, 4) is 0 Å². The molecule has 1 amide bonds. The van der Waals surface area contributed by atoms with Crippen molar-refractivity contribution < 1.29 is 4.79 Å². The zero-order valence-electron chi connectivity index (χ0n) is 12.4. The number of rotatable bonds is 4. The Hall–Kier alpha value is -1.02. The van der Waals surface area contributed by atoms with Crippen LogP contribution in [0.15, 0.2) is 24.3 Å². The van der Waals surface area contributed by atoms with Crippen LogP contribution >= 0.6 is 11.6 Å². The van der Waals surface area contributed by atoms with E-state index in [-0.39, 0.29) is 0 Å². The van der Waals surface area contributed by atoms with Gasteiger partial charge in [0.05, 0.1) is 0 Å². The van der Waals surface area contributed by atoms with Gasteiger partial charge in [-0.05, 0) is 42.4 Å². The van der Waals surface area contributed by atoms with Crippen molar-refractivity contribution in [2.75, 3.05) is 13.1 Å². The number of carbonyl (C=O) groups is 1. The number of hydrogen-bond acceptors (Lipinski definition) is 1. The second-order valence-corrected chi connectivity index (χ2v) is 6.36. The van der Waals surface area contributed by atoms with Gasteiger partial charge in [-0.3, -0.25) is 4.79 Å². The highest BCUT2D eigenvalue weighted by atomic mass is 35.5. The number of amides is 1. The maximum absolute atomic E-state index is 12.2. The van der Waals surface area contributed by atoms with E-state index in [9.17, 15) is 4.79 Å². The molecule has 1 aromatic rings. The smallest absolute Gasteiger partial charge is 0.222 e. The minimum absolute atomic E-state index is 0.328. The first-order valence-corrected chi connectivity index (χ1v) is 8.01. The molecule has 1 heterocycles. The highest BCUT2D eigenvalue weighted by molar-refractivity contribution is 6.30. The fourth-order valence-corrected chi connectivity index (χ4v) is 2.89. The Kier molecular flexibility index (Phi) is 5.47. The number of carbonyl (C=O) groups excluding carboxylic acids is 1. The van der Waals surface area contributed by atoms with Crippen LogP contribution in [-0.2, 0) is 4.79 Å². The summed E-state index contributed by atoms with van der Waals surface area (Å²) in [6.45, 7) is 6.08. The molecule has 1 aliphatic heterocycles. The molecular formula is C17H24ClNO. The van der Waals surface area contributed by atoms with E-state index in [4.69, 9.17) is 11.6 Å². The lowest BCUT2D eigenvalue weighted by Gasteiger charge is -2.33. The second kappa shape index (κ2) is 7.12. The lowest BCUT2D eigenvalue weighted by molar-refractivity contribution is -0.133. The number of benzene rings is 1. The van der Waals surface area contributed by atoms with Gasteiger partial charge in [-0.1, -0.05) is 44.0 Å². The van der Waals surface area contributed by atoms with Gasteiger partial charge in [-0.15, -0.1) is 0 Å². The molecule has 0 aromatic heterocycles. The van der Waals surface area contributed by atoms with Crippen LogP contribution < -0.4 is 0 Å². The Balaban J connectivity index is 1.86. The van der Waals surface area contributed by atoms with Crippen LogP contribution in [0, 0.1) is 5.92 Å². The van der Waals surface area contributed by atoms with Crippen LogP contribution in [0.1, 0.15) is 51.0 Å². The Morgan fingerprint density at radius 1 is 1.30 bits per heavy atom. The molecule has 0 unspecified atom stereocenters. The third-order valence-electron chi connectivity index (χ3n) is 4.41. The molecule has 110 valence electrons. The number of hydrogen-bond donors (Lipinski definition) is 0. The van der Waals surface area contributed by atoms with Crippen LogP contribution in [0.2, 0.25) is 5.02 Å². The molecule has 3 heteroatoms. The molecule has 1 aromatic carbocycles. The van der Waals surface area contributed by atoms with E-state index in [0.717, 1.165) is 37.4 Å². The zero-order chi connectivity index (χ0) is 14.5. The first-order valence-electron chi connectivity index (χ1n) is 7.63. The third kappa shape index (κ3) is 3.99. The molecule has 1 saturated heterocycles. The SMILES string of the molecule is CC[C@H](C)CC(=O)N1CCC(c2ccc(Cl)cc2)CC1. The second-order valence-electron chi connectivity index (χ2n) is 5.92. The normalized spacial score (nSPS) is 18.1. The summed E-state index contributed by atoms with van der Waals surface area (Å²) in [4.78, 5) is 14.2. The quantitative estimate of drug-likeness (QED) is 0.801. The zero-order valence-corrected chi connectivity index (χ0v) is 13.2. The molecule has 2 rings (SSSR count). The first-order chi connectivity index (χ1) is 9.60. The van der Waals surface area contributed by atoms with E-state index in [1.807, 2.05) is 17.0 Å². The molecule has 0 N–H and O–H groups in total. The van der Waals surface area contributed by atoms with Gasteiger partial charge in [-0.25, -0.2) is 0 Å². The molecule has 0 saturated carbocycles. The number of piperidine rings is 1. The van der Waals surface area contributed by atoms with Crippen LogP contribution in [0.4, 0.5) is 0 Å². The maximum Gasteiger partial charge on any atom is 0.222 e. The summed E-state index contributed by atoms with van der Waals surface area (Å²) in [5.74, 6) is 1.39. The molecule has 0 bridgehead atoms. The van der Waals surface area contributed by atoms with Crippen molar-refractivity contribution >= 4 is 17.5 Å². The fraction of sp³-hybridized carbons (Fsp3) is 0.588. The Morgan fingerprint density at radius 3 is 2.45 bits per heavy atom. The molecule has 2 nitrogen and oxygen atoms in total. The van der Waals surface area contributed by atoms with Crippen molar-refractivity contribution in [2.45, 2.75) is 45.4 Å². The minimum atomic E-state index is 0.328. The van der Waals surface area contributed by atoms with Crippen molar-refractivity contribution in [3.05, 3.63) is 34.9 Å². The summed E-state index contributed by atoms with van der Waals surface area (Å²) >= 11 is 5.92. The number of halogens is 1. The number of likely N-dealkylation sites (tertiary alicyclic amines) is 1. The van der Waals surface area contributed by atoms with E-state index in [1.165, 1.54) is 5.56 Å². The summed E-state index contributed by atoms with van der Waals surface area (Å²) < 4.78 is 0. The average Bonchev–Trinajstić information content (AvgIpc) is 2.48. The molecule has 0 aliphatic carbocycles. The van der Waals surface area contributed by atoms with Crippen molar-refractivity contribution in [3.63, 3.8) is 0 Å². The fourth-order valence-electron chi connectivity index (χ4n) is 2.77. The predicted octanol–water partition coefficient (Wildman–Crippen LogP) is 4.48. The van der Waals surface area contributed by atoms with Gasteiger partial charge >= 0.3 is 0 Å². The van der Waals surface area contributed by atoms with Gasteiger partial charge in [0.1, 0.15) is 0 Å². The van der Waals surface area contributed by atoms with Crippen LogP contribution in [0.3, 0.4) is 0 Å². The van der Waals surface area contributed by atoms with E-state index >= 15 is 0 Å². The lowest BCUT2D eigenvalue weighted by atomic mass is 9.89. The Labute approximate surface area is 127 Å². The Morgan fingerprint density at radius 2 is 1.90 bits per heavy atom. The monoisotopic (exact) mass is 293 g/mol. The largest absolute Gasteiger partial charge is 0.343 e. The van der Waals surface area contributed by atoms with Gasteiger partial charge in [-0.2, -0.15) is 0 Å². The standard InChI is InChI=1S/C17H24ClNO/c1-3-13(2)12-17(20)19-10-8-15(9-11-19)14-4-6-16(18)7-5-14/h4-7,13,15H,3,8-12H2,1-2H3/t13-/m0/s1. The van der Waals surface area contributed by atoms with Gasteiger partial charge in [0.15, 0.2) is 0 Å². The summed E-state index contributed by atoms with van der Waals surface area (Å²) in [5.41, 5.74) is 1.35. The predicted molar refractivity (Wildman–Crippen MR) is 84.1 cm³/mol. The molecular weight excluding hydrogens is 270 g/mol.